The van der Waals surface area contributed by atoms with E-state index in [0.717, 1.165) is 15.3 Å². The predicted molar refractivity (Wildman–Crippen MR) is 152 cm³/mol. The van der Waals surface area contributed by atoms with Gasteiger partial charge < -0.3 is 4.74 Å². The van der Waals surface area contributed by atoms with Crippen LogP contribution in [0, 0.1) is 22.8 Å². The van der Waals surface area contributed by atoms with Crippen molar-refractivity contribution in [2.75, 3.05) is 6.61 Å². The fraction of sp³-hybridized carbons (Fsp3) is 0.548. The fourth-order valence-electron chi connectivity index (χ4n) is 3.23. The number of para-hydroxylation sites is 1. The van der Waals surface area contributed by atoms with Crippen molar-refractivity contribution in [3.63, 3.8) is 0 Å². The molecule has 0 fully saturated rings. The molecule has 189 valence electrons. The van der Waals surface area contributed by atoms with E-state index in [2.05, 4.69) is 107 Å². The Bertz CT molecular complexity index is 830. The Morgan fingerprint density at radius 3 is 1.76 bits per heavy atom. The molecule has 1 aromatic rings. The molecule has 1 radical (unpaired) electrons. The Morgan fingerprint density at radius 2 is 1.47 bits per heavy atom. The average molecular weight is 515 g/mol. The molecule has 0 heterocycles. The molecule has 0 saturated carbocycles. The van der Waals surface area contributed by atoms with Crippen LogP contribution in [0.3, 0.4) is 0 Å². The molecule has 1 nitrogen and oxygen atoms in total. The first-order chi connectivity index (χ1) is 15.2. The van der Waals surface area contributed by atoms with Crippen LogP contribution in [-0.2, 0) is 21.7 Å². The summed E-state index contributed by atoms with van der Waals surface area (Å²) in [5, 5.41) is 0. The molecule has 1 aliphatic carbocycles. The summed E-state index contributed by atoms with van der Waals surface area (Å²) in [6, 6.07) is 10.0. The molecule has 0 N–H and O–H groups in total. The summed E-state index contributed by atoms with van der Waals surface area (Å²) in [6.07, 6.45) is 7.87. The second kappa shape index (κ2) is 16.6. The van der Waals surface area contributed by atoms with Gasteiger partial charge in [-0.25, -0.2) is 5.57 Å². The van der Waals surface area contributed by atoms with Crippen molar-refractivity contribution in [1.82, 2.24) is 0 Å². The maximum Gasteiger partial charge on any atom is 0.119 e. The molecule has 0 saturated heterocycles. The number of allylic oxidation sites excluding steroid dienone is 7. The maximum atomic E-state index is 5.96. The van der Waals surface area contributed by atoms with Crippen LogP contribution in [0.5, 0.6) is 5.75 Å². The van der Waals surface area contributed by atoms with Crippen LogP contribution in [0.4, 0.5) is 0 Å². The molecule has 34 heavy (non-hydrogen) atoms. The van der Waals surface area contributed by atoms with Gasteiger partial charge in [-0.15, -0.1) is 6.92 Å². The first-order valence-electron chi connectivity index (χ1n) is 12.3. The third-order valence-electron chi connectivity index (χ3n) is 5.84. The van der Waals surface area contributed by atoms with Gasteiger partial charge in [0.15, 0.2) is 0 Å². The minimum atomic E-state index is 0. The molecule has 0 amide bonds. The van der Waals surface area contributed by atoms with E-state index >= 15 is 0 Å². The van der Waals surface area contributed by atoms with Crippen molar-refractivity contribution in [1.29, 1.82) is 0 Å². The molecule has 3 heteroatoms. The van der Waals surface area contributed by atoms with Crippen molar-refractivity contribution >= 4 is 9.52 Å². The van der Waals surface area contributed by atoms with Crippen LogP contribution in [0.1, 0.15) is 76.2 Å². The monoisotopic (exact) mass is 514 g/mol. The smallest absolute Gasteiger partial charge is 0.119 e. The Morgan fingerprint density at radius 1 is 0.971 bits per heavy atom. The molecule has 1 aliphatic rings. The summed E-state index contributed by atoms with van der Waals surface area (Å²) in [7, 11) is 0.750. The second-order valence-electron chi connectivity index (χ2n) is 10.9. The summed E-state index contributed by atoms with van der Waals surface area (Å²) < 4.78 is 5.96. The van der Waals surface area contributed by atoms with Gasteiger partial charge in [-0.2, -0.15) is 11.1 Å². The van der Waals surface area contributed by atoms with Crippen LogP contribution in [0.25, 0.3) is 0 Å². The summed E-state index contributed by atoms with van der Waals surface area (Å²) in [5.41, 5.74) is 7.15. The molecule has 1 aromatic carbocycles. The standard InChI is InChI=1S/C20H30O.C9H13.C2H7Si.Ti/c1-8-16(19(2,3)4)14-17(20(5,6)7)15-21-18-12-10-9-11-13-18;1-6-5-7(2)9(4)8(6)3;1-3-2;/h8-14H,15H2,1-7H3;6H,1-4H3;3H,1-2H3;/q;-1;;. The van der Waals surface area contributed by atoms with E-state index in [4.69, 9.17) is 4.74 Å². The summed E-state index contributed by atoms with van der Waals surface area (Å²) >= 11 is 0. The maximum absolute atomic E-state index is 5.96. The van der Waals surface area contributed by atoms with Gasteiger partial charge in [-0.1, -0.05) is 112 Å². The van der Waals surface area contributed by atoms with Crippen molar-refractivity contribution < 1.29 is 26.5 Å². The van der Waals surface area contributed by atoms with Crippen molar-refractivity contribution in [2.24, 2.45) is 16.7 Å². The summed E-state index contributed by atoms with van der Waals surface area (Å²) in [6.45, 7) is 29.3. The van der Waals surface area contributed by atoms with E-state index in [1.807, 2.05) is 30.3 Å². The summed E-state index contributed by atoms with van der Waals surface area (Å²) in [5.74, 6) is 1.48. The van der Waals surface area contributed by atoms with Gasteiger partial charge in [0.1, 0.15) is 12.4 Å². The topological polar surface area (TPSA) is 9.23 Å². The van der Waals surface area contributed by atoms with Gasteiger partial charge in [0.25, 0.3) is 0 Å². The largest absolute Gasteiger partial charge is 0.489 e. The average Bonchev–Trinajstić information content (AvgIpc) is 2.93. The minimum Gasteiger partial charge on any atom is -0.489 e. The predicted octanol–water partition coefficient (Wildman–Crippen LogP) is 9.27. The van der Waals surface area contributed by atoms with Crippen LogP contribution >= 0.6 is 0 Å². The van der Waals surface area contributed by atoms with Crippen molar-refractivity contribution in [3.8, 4) is 5.75 Å². The second-order valence-corrected chi connectivity index (χ2v) is 12.0. The first-order valence-corrected chi connectivity index (χ1v) is 14.6. The normalized spacial score (nSPS) is 16.5. The Balaban J connectivity index is 0. The molecule has 0 bridgehead atoms. The zero-order valence-corrected chi connectivity index (χ0v) is 27.0. The SMILES string of the molecule is CC1=[C-]C(C)C(C)=C1C.CC=C(C=C(COc1ccccc1)C(C)(C)C)C(C)(C)C.C[SiH]C.[Ti]. The molecule has 0 spiro atoms. The Kier molecular flexibility index (Phi) is 17.1. The zero-order chi connectivity index (χ0) is 25.8. The molecule has 1 unspecified atom stereocenters. The molecule has 2 rings (SSSR count). The number of benzene rings is 1. The van der Waals surface area contributed by atoms with E-state index in [9.17, 15) is 0 Å². The van der Waals surface area contributed by atoms with Gasteiger partial charge in [-0.3, -0.25) is 6.08 Å². The van der Waals surface area contributed by atoms with Crippen LogP contribution < -0.4 is 4.74 Å². The third kappa shape index (κ3) is 13.1. The van der Waals surface area contributed by atoms with E-state index in [1.54, 1.807) is 0 Å². The van der Waals surface area contributed by atoms with Crippen LogP contribution in [-0.4, -0.2) is 16.1 Å². The van der Waals surface area contributed by atoms with E-state index in [0.29, 0.717) is 12.5 Å². The summed E-state index contributed by atoms with van der Waals surface area (Å²) in [4.78, 5) is 0. The molecular formula is C31H50OSiTi-. The fourth-order valence-corrected chi connectivity index (χ4v) is 3.23. The van der Waals surface area contributed by atoms with E-state index < -0.39 is 0 Å². The number of rotatable bonds is 4. The van der Waals surface area contributed by atoms with Gasteiger partial charge in [0.2, 0.25) is 0 Å². The van der Waals surface area contributed by atoms with Gasteiger partial charge in [-0.05, 0) is 41.0 Å². The molecule has 0 aromatic heterocycles. The Hall–Kier alpha value is -1.09. The van der Waals surface area contributed by atoms with Crippen molar-refractivity contribution in [3.05, 3.63) is 76.4 Å². The molecule has 1 atom stereocenters. The quantitative estimate of drug-likeness (QED) is 0.221. The Labute approximate surface area is 229 Å². The van der Waals surface area contributed by atoms with E-state index in [-0.39, 0.29) is 32.5 Å². The third-order valence-corrected chi connectivity index (χ3v) is 5.84. The number of ether oxygens (including phenoxy) is 1. The van der Waals surface area contributed by atoms with Crippen LogP contribution in [0.2, 0.25) is 13.1 Å². The van der Waals surface area contributed by atoms with Crippen LogP contribution in [0.15, 0.2) is 70.3 Å². The first kappa shape index (κ1) is 35.1. The molecular weight excluding hydrogens is 464 g/mol. The minimum absolute atomic E-state index is 0. The van der Waals surface area contributed by atoms with E-state index in [1.165, 1.54) is 27.9 Å². The van der Waals surface area contributed by atoms with Gasteiger partial charge >= 0.3 is 0 Å². The molecule has 0 aliphatic heterocycles. The van der Waals surface area contributed by atoms with Gasteiger partial charge in [0.05, 0.1) is 0 Å². The van der Waals surface area contributed by atoms with Crippen molar-refractivity contribution in [2.45, 2.75) is 89.3 Å². The number of hydrogen-bond acceptors (Lipinski definition) is 1. The number of hydrogen-bond donors (Lipinski definition) is 0. The van der Waals surface area contributed by atoms with Gasteiger partial charge in [0, 0.05) is 31.2 Å². The zero-order valence-electron chi connectivity index (χ0n) is 24.3.